The van der Waals surface area contributed by atoms with Gasteiger partial charge in [0, 0.05) is 0 Å². The number of para-hydroxylation sites is 3. The molecular weight excluding hydrogens is 352 g/mol. The summed E-state index contributed by atoms with van der Waals surface area (Å²) in [6, 6.07) is 13.6. The molecule has 27 heavy (non-hydrogen) atoms. The number of halogens is 2. The Bertz CT molecular complexity index is 926. The maximum absolute atomic E-state index is 13.7. The van der Waals surface area contributed by atoms with Gasteiger partial charge in [-0.05, 0) is 43.3 Å². The highest BCUT2D eigenvalue weighted by Crippen LogP contribution is 2.25. The van der Waals surface area contributed by atoms with Gasteiger partial charge in [0.2, 0.25) is 0 Å². The molecule has 0 aliphatic carbocycles. The Morgan fingerprint density at radius 1 is 1.04 bits per heavy atom. The molecule has 7 heteroatoms. The van der Waals surface area contributed by atoms with E-state index in [9.17, 15) is 13.6 Å². The van der Waals surface area contributed by atoms with Crippen LogP contribution in [-0.4, -0.2) is 17.5 Å². The molecule has 0 saturated carbocycles. The molecule has 0 saturated heterocycles. The van der Waals surface area contributed by atoms with E-state index in [1.54, 1.807) is 24.3 Å². The van der Waals surface area contributed by atoms with Gasteiger partial charge in [-0.15, -0.1) is 0 Å². The number of amides is 1. The summed E-state index contributed by atoms with van der Waals surface area (Å²) >= 11 is 0. The molecule has 0 atom stereocenters. The van der Waals surface area contributed by atoms with E-state index in [0.717, 1.165) is 12.1 Å². The van der Waals surface area contributed by atoms with Crippen LogP contribution in [0.25, 0.3) is 0 Å². The van der Waals surface area contributed by atoms with Gasteiger partial charge in [0.05, 0.1) is 24.2 Å². The number of hydrogen-bond acceptors (Lipinski definition) is 4. The lowest BCUT2D eigenvalue weighted by molar-refractivity contribution is 0.102. The number of aromatic nitrogens is 1. The van der Waals surface area contributed by atoms with Gasteiger partial charge in [0.15, 0.2) is 0 Å². The van der Waals surface area contributed by atoms with Gasteiger partial charge >= 0.3 is 0 Å². The van der Waals surface area contributed by atoms with E-state index in [1.165, 1.54) is 24.4 Å². The molecule has 1 aromatic heterocycles. The van der Waals surface area contributed by atoms with Gasteiger partial charge < -0.3 is 15.4 Å². The molecule has 5 nitrogen and oxygen atoms in total. The zero-order chi connectivity index (χ0) is 19.2. The third kappa shape index (κ3) is 4.38. The van der Waals surface area contributed by atoms with E-state index in [1.807, 2.05) is 6.92 Å². The van der Waals surface area contributed by atoms with Crippen LogP contribution in [0.4, 0.5) is 25.8 Å². The van der Waals surface area contributed by atoms with E-state index < -0.39 is 17.5 Å². The lowest BCUT2D eigenvalue weighted by Gasteiger charge is -2.11. The summed E-state index contributed by atoms with van der Waals surface area (Å²) in [6.45, 7) is 2.32. The first-order valence-corrected chi connectivity index (χ1v) is 8.28. The Hall–Kier alpha value is -3.48. The number of carbonyl (C=O) groups excluding carboxylic acids is 1. The van der Waals surface area contributed by atoms with Crippen molar-refractivity contribution in [3.05, 3.63) is 78.1 Å². The average Bonchev–Trinajstić information content (AvgIpc) is 2.67. The van der Waals surface area contributed by atoms with Crippen molar-refractivity contribution in [2.24, 2.45) is 0 Å². The summed E-state index contributed by atoms with van der Waals surface area (Å²) in [7, 11) is 0. The third-order valence-corrected chi connectivity index (χ3v) is 3.66. The molecule has 0 aliphatic rings. The molecule has 1 heterocycles. The average molecular weight is 369 g/mol. The van der Waals surface area contributed by atoms with Gasteiger partial charge in [0.1, 0.15) is 28.8 Å². The third-order valence-electron chi connectivity index (χ3n) is 3.66. The minimum atomic E-state index is -0.718. The monoisotopic (exact) mass is 369 g/mol. The van der Waals surface area contributed by atoms with Crippen LogP contribution in [0.5, 0.6) is 5.75 Å². The fourth-order valence-corrected chi connectivity index (χ4v) is 2.40. The molecule has 3 aromatic rings. The SMILES string of the molecule is CCOc1ccccc1NC(=O)c1ccc(Nc2c(F)cccc2F)cn1. The second-order valence-corrected chi connectivity index (χ2v) is 5.54. The van der Waals surface area contributed by atoms with Crippen LogP contribution in [-0.2, 0) is 0 Å². The van der Waals surface area contributed by atoms with Crippen LogP contribution < -0.4 is 15.4 Å². The van der Waals surface area contributed by atoms with Crippen molar-refractivity contribution >= 4 is 23.0 Å². The van der Waals surface area contributed by atoms with Crippen molar-refractivity contribution in [2.45, 2.75) is 6.92 Å². The highest BCUT2D eigenvalue weighted by Gasteiger charge is 2.12. The Balaban J connectivity index is 1.73. The minimum absolute atomic E-state index is 0.154. The van der Waals surface area contributed by atoms with Gasteiger partial charge in [-0.1, -0.05) is 18.2 Å². The first kappa shape index (κ1) is 18.3. The van der Waals surface area contributed by atoms with Crippen LogP contribution in [0.15, 0.2) is 60.8 Å². The van der Waals surface area contributed by atoms with Gasteiger partial charge in [-0.2, -0.15) is 0 Å². The van der Waals surface area contributed by atoms with E-state index >= 15 is 0 Å². The van der Waals surface area contributed by atoms with Crippen molar-refractivity contribution in [1.82, 2.24) is 4.98 Å². The van der Waals surface area contributed by atoms with Gasteiger partial charge in [0.25, 0.3) is 5.91 Å². The number of anilines is 3. The van der Waals surface area contributed by atoms with Crippen LogP contribution in [0.2, 0.25) is 0 Å². The van der Waals surface area contributed by atoms with Gasteiger partial charge in [-0.25, -0.2) is 13.8 Å². The maximum atomic E-state index is 13.7. The van der Waals surface area contributed by atoms with Crippen molar-refractivity contribution in [1.29, 1.82) is 0 Å². The first-order valence-electron chi connectivity index (χ1n) is 8.28. The Kier molecular flexibility index (Phi) is 5.61. The van der Waals surface area contributed by atoms with E-state index in [0.29, 0.717) is 23.7 Å². The topological polar surface area (TPSA) is 63.2 Å². The summed E-state index contributed by atoms with van der Waals surface area (Å²) in [5, 5.41) is 5.35. The Labute approximate surface area is 155 Å². The Morgan fingerprint density at radius 3 is 2.44 bits per heavy atom. The summed E-state index contributed by atoms with van der Waals surface area (Å²) in [6.07, 6.45) is 1.33. The number of hydrogen-bond donors (Lipinski definition) is 2. The largest absolute Gasteiger partial charge is 0.492 e. The number of nitrogens with one attached hydrogen (secondary N) is 2. The number of nitrogens with zero attached hydrogens (tertiary/aromatic N) is 1. The summed E-state index contributed by atoms with van der Waals surface area (Å²) < 4.78 is 32.8. The number of ether oxygens (including phenoxy) is 1. The first-order chi connectivity index (χ1) is 13.1. The molecule has 3 rings (SSSR count). The van der Waals surface area contributed by atoms with E-state index in [2.05, 4.69) is 15.6 Å². The second-order valence-electron chi connectivity index (χ2n) is 5.54. The standard InChI is InChI=1S/C20H17F2N3O2/c1-2-27-18-9-4-3-8-16(18)25-20(26)17-11-10-13(12-23-17)24-19-14(21)6-5-7-15(19)22/h3-12,24H,2H2,1H3,(H,25,26). The van der Waals surface area contributed by atoms with Crippen molar-refractivity contribution in [2.75, 3.05) is 17.2 Å². The zero-order valence-corrected chi connectivity index (χ0v) is 14.5. The quantitative estimate of drug-likeness (QED) is 0.658. The predicted octanol–water partition coefficient (Wildman–Crippen LogP) is 4.75. The fraction of sp³-hybridized carbons (Fsp3) is 0.100. The van der Waals surface area contributed by atoms with Crippen molar-refractivity contribution in [3.8, 4) is 5.75 Å². The lowest BCUT2D eigenvalue weighted by atomic mass is 10.2. The van der Waals surface area contributed by atoms with Crippen molar-refractivity contribution in [3.63, 3.8) is 0 Å². The molecular formula is C20H17F2N3O2. The minimum Gasteiger partial charge on any atom is -0.492 e. The Morgan fingerprint density at radius 2 is 1.78 bits per heavy atom. The molecule has 138 valence electrons. The highest BCUT2D eigenvalue weighted by molar-refractivity contribution is 6.03. The molecule has 0 unspecified atom stereocenters. The number of pyridine rings is 1. The lowest BCUT2D eigenvalue weighted by Crippen LogP contribution is -2.14. The molecule has 0 fully saturated rings. The highest BCUT2D eigenvalue weighted by atomic mass is 19.1. The summed E-state index contributed by atoms with van der Waals surface area (Å²) in [4.78, 5) is 16.4. The van der Waals surface area contributed by atoms with E-state index in [4.69, 9.17) is 4.74 Å². The number of rotatable bonds is 6. The molecule has 2 N–H and O–H groups in total. The molecule has 0 spiro atoms. The summed E-state index contributed by atoms with van der Waals surface area (Å²) in [5.41, 5.74) is 0.759. The van der Waals surface area contributed by atoms with Crippen LogP contribution in [0, 0.1) is 11.6 Å². The fourth-order valence-electron chi connectivity index (χ4n) is 2.40. The predicted molar refractivity (Wildman–Crippen MR) is 99.4 cm³/mol. The smallest absolute Gasteiger partial charge is 0.274 e. The number of carbonyl (C=O) groups is 1. The normalized spacial score (nSPS) is 10.3. The molecule has 0 bridgehead atoms. The zero-order valence-electron chi connectivity index (χ0n) is 14.5. The van der Waals surface area contributed by atoms with Crippen molar-refractivity contribution < 1.29 is 18.3 Å². The summed E-state index contributed by atoms with van der Waals surface area (Å²) in [5.74, 6) is -1.30. The van der Waals surface area contributed by atoms with Crippen LogP contribution in [0.1, 0.15) is 17.4 Å². The van der Waals surface area contributed by atoms with Crippen LogP contribution in [0.3, 0.4) is 0 Å². The number of benzene rings is 2. The molecule has 0 radical (unpaired) electrons. The van der Waals surface area contributed by atoms with Gasteiger partial charge in [-0.3, -0.25) is 4.79 Å². The van der Waals surface area contributed by atoms with Crippen LogP contribution >= 0.6 is 0 Å². The second kappa shape index (κ2) is 8.27. The maximum Gasteiger partial charge on any atom is 0.274 e. The molecule has 1 amide bonds. The van der Waals surface area contributed by atoms with E-state index in [-0.39, 0.29) is 11.4 Å². The molecule has 0 aliphatic heterocycles. The molecule has 2 aromatic carbocycles.